The van der Waals surface area contributed by atoms with Gasteiger partial charge < -0.3 is 19.7 Å². The molecule has 3 aromatic carbocycles. The minimum absolute atomic E-state index is 0.308. The first kappa shape index (κ1) is 24.3. The molecular weight excluding hydrogens is 464 g/mol. The van der Waals surface area contributed by atoms with E-state index in [0.29, 0.717) is 25.3 Å². The molecule has 188 valence electrons. The van der Waals surface area contributed by atoms with Crippen molar-refractivity contribution in [3.8, 4) is 5.75 Å². The second-order valence-corrected chi connectivity index (χ2v) is 9.86. The number of hydrogen-bond donors (Lipinski definition) is 2. The van der Waals surface area contributed by atoms with E-state index in [1.54, 1.807) is 13.8 Å². The molecule has 0 unspecified atom stereocenters. The SMILES string of the molecule is CNc1ccc(Cn2c(CC(C)(C)C(=O)O)nc3cc(OCc4ccc5ccccc5n4)ccc32)cc1. The molecule has 5 aromatic rings. The number of benzene rings is 3. The summed E-state index contributed by atoms with van der Waals surface area (Å²) < 4.78 is 8.17. The highest BCUT2D eigenvalue weighted by molar-refractivity contribution is 5.79. The van der Waals surface area contributed by atoms with Crippen LogP contribution in [0.3, 0.4) is 0 Å². The zero-order valence-electron chi connectivity index (χ0n) is 21.2. The third-order valence-corrected chi connectivity index (χ3v) is 6.60. The fourth-order valence-corrected chi connectivity index (χ4v) is 4.34. The lowest BCUT2D eigenvalue weighted by atomic mass is 9.89. The molecule has 0 radical (unpaired) electrons. The molecule has 0 aliphatic heterocycles. The van der Waals surface area contributed by atoms with Gasteiger partial charge in [0, 0.05) is 37.2 Å². The van der Waals surface area contributed by atoms with Crippen molar-refractivity contribution in [1.82, 2.24) is 14.5 Å². The van der Waals surface area contributed by atoms with Gasteiger partial charge in [-0.15, -0.1) is 0 Å². The number of carboxylic acids is 1. The van der Waals surface area contributed by atoms with Crippen LogP contribution in [0.2, 0.25) is 0 Å². The average molecular weight is 495 g/mol. The maximum Gasteiger partial charge on any atom is 0.309 e. The van der Waals surface area contributed by atoms with Crippen molar-refractivity contribution in [3.05, 3.63) is 95.9 Å². The van der Waals surface area contributed by atoms with E-state index < -0.39 is 11.4 Å². The van der Waals surface area contributed by atoms with Crippen molar-refractivity contribution >= 4 is 33.6 Å². The van der Waals surface area contributed by atoms with Crippen LogP contribution in [-0.4, -0.2) is 32.7 Å². The molecule has 0 saturated carbocycles. The first-order chi connectivity index (χ1) is 17.8. The van der Waals surface area contributed by atoms with E-state index in [1.807, 2.05) is 73.8 Å². The highest BCUT2D eigenvalue weighted by Crippen LogP contribution is 2.28. The number of carboxylic acid groups (broad SMARTS) is 1. The number of fused-ring (bicyclic) bond motifs is 2. The van der Waals surface area contributed by atoms with Crippen LogP contribution in [0.15, 0.2) is 78.9 Å². The van der Waals surface area contributed by atoms with Gasteiger partial charge in [0.1, 0.15) is 18.2 Å². The third kappa shape index (κ3) is 5.26. The number of ether oxygens (including phenoxy) is 1. The number of rotatable bonds is 9. The fraction of sp³-hybridized carbons (Fsp3) is 0.233. The van der Waals surface area contributed by atoms with Crippen LogP contribution in [-0.2, 0) is 24.4 Å². The number of nitrogens with one attached hydrogen (secondary N) is 1. The van der Waals surface area contributed by atoms with Gasteiger partial charge in [-0.1, -0.05) is 36.4 Å². The lowest BCUT2D eigenvalue weighted by Gasteiger charge is -2.19. The molecular formula is C30H30N4O3. The molecule has 2 aromatic heterocycles. The van der Waals surface area contributed by atoms with Gasteiger partial charge in [0.25, 0.3) is 0 Å². The van der Waals surface area contributed by atoms with Gasteiger partial charge in [0.2, 0.25) is 0 Å². The molecule has 0 atom stereocenters. The van der Waals surface area contributed by atoms with Crippen molar-refractivity contribution in [2.75, 3.05) is 12.4 Å². The smallest absolute Gasteiger partial charge is 0.309 e. The van der Waals surface area contributed by atoms with Gasteiger partial charge in [-0.3, -0.25) is 4.79 Å². The predicted molar refractivity (Wildman–Crippen MR) is 146 cm³/mol. The standard InChI is InChI=1S/C30H30N4O3/c1-30(2,29(35)36)17-28-33-26-16-24(37-19-23-13-10-21-6-4-5-7-25(21)32-23)14-15-27(26)34(28)18-20-8-11-22(31-3)12-9-20/h4-16,31H,17-19H2,1-3H3,(H,35,36). The number of imidazole rings is 1. The maximum absolute atomic E-state index is 11.9. The normalized spacial score (nSPS) is 11.6. The van der Waals surface area contributed by atoms with Crippen molar-refractivity contribution < 1.29 is 14.6 Å². The number of hydrogen-bond acceptors (Lipinski definition) is 5. The summed E-state index contributed by atoms with van der Waals surface area (Å²) in [5.74, 6) is 0.569. The summed E-state index contributed by atoms with van der Waals surface area (Å²) >= 11 is 0. The molecule has 0 aliphatic carbocycles. The summed E-state index contributed by atoms with van der Waals surface area (Å²) in [5, 5.41) is 14.0. The first-order valence-corrected chi connectivity index (χ1v) is 12.3. The lowest BCUT2D eigenvalue weighted by Crippen LogP contribution is -2.27. The lowest BCUT2D eigenvalue weighted by molar-refractivity contribution is -0.146. The Hall–Kier alpha value is -4.39. The van der Waals surface area contributed by atoms with E-state index in [1.165, 1.54) is 0 Å². The van der Waals surface area contributed by atoms with Gasteiger partial charge in [-0.05, 0) is 55.8 Å². The van der Waals surface area contributed by atoms with E-state index in [0.717, 1.165) is 44.7 Å². The first-order valence-electron chi connectivity index (χ1n) is 12.3. The Kier molecular flexibility index (Phi) is 6.53. The summed E-state index contributed by atoms with van der Waals surface area (Å²) in [6, 6.07) is 26.0. The number of pyridine rings is 1. The molecule has 2 N–H and O–H groups in total. The van der Waals surface area contributed by atoms with Crippen LogP contribution in [0.25, 0.3) is 21.9 Å². The molecule has 7 nitrogen and oxygen atoms in total. The van der Waals surface area contributed by atoms with Gasteiger partial charge in [-0.25, -0.2) is 9.97 Å². The van der Waals surface area contributed by atoms with Crippen molar-refractivity contribution in [3.63, 3.8) is 0 Å². The average Bonchev–Trinajstić information content (AvgIpc) is 3.22. The number of nitrogens with zero attached hydrogens (tertiary/aromatic N) is 3. The highest BCUT2D eigenvalue weighted by atomic mass is 16.5. The summed E-state index contributed by atoms with van der Waals surface area (Å²) in [6.07, 6.45) is 0.308. The van der Waals surface area contributed by atoms with Crippen LogP contribution < -0.4 is 10.1 Å². The van der Waals surface area contributed by atoms with Crippen LogP contribution in [0.5, 0.6) is 5.75 Å². The zero-order valence-corrected chi connectivity index (χ0v) is 21.2. The van der Waals surface area contributed by atoms with Gasteiger partial charge in [-0.2, -0.15) is 0 Å². The van der Waals surface area contributed by atoms with Gasteiger partial charge >= 0.3 is 5.97 Å². The molecule has 0 bridgehead atoms. The second-order valence-electron chi connectivity index (χ2n) is 9.86. The molecule has 5 rings (SSSR count). The fourth-order valence-electron chi connectivity index (χ4n) is 4.34. The topological polar surface area (TPSA) is 89.3 Å². The van der Waals surface area contributed by atoms with E-state index >= 15 is 0 Å². The Morgan fingerprint density at radius 2 is 1.76 bits per heavy atom. The zero-order chi connectivity index (χ0) is 26.0. The Balaban J connectivity index is 1.44. The Bertz CT molecular complexity index is 1570. The largest absolute Gasteiger partial charge is 0.487 e. The predicted octanol–water partition coefficient (Wildman–Crippen LogP) is 5.91. The number of carbonyl (C=O) groups is 1. The van der Waals surface area contributed by atoms with Crippen molar-refractivity contribution in [1.29, 1.82) is 0 Å². The maximum atomic E-state index is 11.9. The Labute approximate surface area is 215 Å². The molecule has 0 saturated heterocycles. The number of para-hydroxylation sites is 1. The van der Waals surface area contributed by atoms with Gasteiger partial charge in [0.15, 0.2) is 0 Å². The quantitative estimate of drug-likeness (QED) is 0.265. The van der Waals surface area contributed by atoms with Crippen LogP contribution in [0.4, 0.5) is 5.69 Å². The Morgan fingerprint density at radius 1 is 0.973 bits per heavy atom. The van der Waals surface area contributed by atoms with E-state index in [9.17, 15) is 9.90 Å². The third-order valence-electron chi connectivity index (χ3n) is 6.60. The van der Waals surface area contributed by atoms with E-state index in [-0.39, 0.29) is 0 Å². The number of aliphatic carboxylic acids is 1. The molecule has 0 spiro atoms. The summed E-state index contributed by atoms with van der Waals surface area (Å²) in [6.45, 7) is 4.39. The van der Waals surface area contributed by atoms with Crippen LogP contribution >= 0.6 is 0 Å². The monoisotopic (exact) mass is 494 g/mol. The molecule has 0 fully saturated rings. The molecule has 2 heterocycles. The molecule has 0 amide bonds. The Morgan fingerprint density at radius 3 is 2.51 bits per heavy atom. The minimum atomic E-state index is -0.948. The molecule has 37 heavy (non-hydrogen) atoms. The molecule has 0 aliphatic rings. The highest BCUT2D eigenvalue weighted by Gasteiger charge is 2.30. The van der Waals surface area contributed by atoms with E-state index in [2.05, 4.69) is 27.0 Å². The van der Waals surface area contributed by atoms with E-state index in [4.69, 9.17) is 9.72 Å². The minimum Gasteiger partial charge on any atom is -0.487 e. The number of anilines is 1. The second kappa shape index (κ2) is 9.93. The van der Waals surface area contributed by atoms with Crippen LogP contribution in [0, 0.1) is 5.41 Å². The van der Waals surface area contributed by atoms with Crippen LogP contribution in [0.1, 0.15) is 30.9 Å². The van der Waals surface area contributed by atoms with Crippen molar-refractivity contribution in [2.45, 2.75) is 33.4 Å². The molecule has 7 heteroatoms. The summed E-state index contributed by atoms with van der Waals surface area (Å²) in [7, 11) is 1.89. The van der Waals surface area contributed by atoms with Crippen molar-refractivity contribution in [2.24, 2.45) is 5.41 Å². The summed E-state index contributed by atoms with van der Waals surface area (Å²) in [4.78, 5) is 21.4. The number of aromatic nitrogens is 3. The summed E-state index contributed by atoms with van der Waals surface area (Å²) in [5.41, 5.74) is 4.68. The van der Waals surface area contributed by atoms with Gasteiger partial charge in [0.05, 0.1) is 27.7 Å².